The van der Waals surface area contributed by atoms with Gasteiger partial charge in [0.1, 0.15) is 5.56 Å². The molecule has 37 heavy (non-hydrogen) atoms. The van der Waals surface area contributed by atoms with Crippen LogP contribution < -0.4 is 10.5 Å². The summed E-state index contributed by atoms with van der Waals surface area (Å²) in [7, 11) is 0. The van der Waals surface area contributed by atoms with Crippen LogP contribution in [0.3, 0.4) is 0 Å². The second-order valence-electron chi connectivity index (χ2n) is 9.96. The first-order valence-electron chi connectivity index (χ1n) is 11.5. The molecule has 15 heteroatoms. The van der Waals surface area contributed by atoms with Crippen LogP contribution in [-0.4, -0.2) is 75.1 Å². The number of carbonyl (C=O) groups excluding carboxylic acids is 1. The van der Waals surface area contributed by atoms with Gasteiger partial charge in [-0.25, -0.2) is 15.1 Å². The SMILES string of the molecule is CC1(C)C[C@@H](c2cc(C(F)(F)F)c(=O)[nH]n2)N(CC(=O)N2CCN(c3ncc(C(F)(F)F)cn3)CC2)C1. The van der Waals surface area contributed by atoms with Crippen molar-refractivity contribution < 1.29 is 31.1 Å². The lowest BCUT2D eigenvalue weighted by Crippen LogP contribution is -2.51. The minimum absolute atomic E-state index is 0.0366. The van der Waals surface area contributed by atoms with Crippen LogP contribution >= 0.6 is 0 Å². The van der Waals surface area contributed by atoms with E-state index in [0.29, 0.717) is 38.4 Å². The summed E-state index contributed by atoms with van der Waals surface area (Å²) in [5, 5.41) is 5.76. The minimum atomic E-state index is -4.84. The van der Waals surface area contributed by atoms with Crippen molar-refractivity contribution in [2.75, 3.05) is 44.2 Å². The molecule has 0 aromatic carbocycles. The molecule has 9 nitrogen and oxygen atoms in total. The Hall–Kier alpha value is -3.23. The van der Waals surface area contributed by atoms with Crippen LogP contribution in [0.15, 0.2) is 23.3 Å². The number of alkyl halides is 6. The van der Waals surface area contributed by atoms with E-state index < -0.39 is 35.1 Å². The molecule has 2 saturated heterocycles. The molecule has 4 rings (SSSR count). The van der Waals surface area contributed by atoms with Crippen molar-refractivity contribution in [3.05, 3.63) is 45.6 Å². The highest BCUT2D eigenvalue weighted by Gasteiger charge is 2.42. The molecule has 2 aromatic rings. The molecular formula is C22H25F6N7O2. The van der Waals surface area contributed by atoms with E-state index in [9.17, 15) is 35.9 Å². The summed E-state index contributed by atoms with van der Waals surface area (Å²) in [6.07, 6.45) is -7.51. The summed E-state index contributed by atoms with van der Waals surface area (Å²) in [5.74, 6) is -0.109. The molecule has 0 unspecified atom stereocenters. The van der Waals surface area contributed by atoms with E-state index in [4.69, 9.17) is 0 Å². The summed E-state index contributed by atoms with van der Waals surface area (Å²) in [6, 6.07) is 0.143. The third kappa shape index (κ3) is 6.02. The highest BCUT2D eigenvalue weighted by Crippen LogP contribution is 2.42. The summed E-state index contributed by atoms with van der Waals surface area (Å²) in [5.41, 5.74) is -3.89. The number of carbonyl (C=O) groups is 1. The highest BCUT2D eigenvalue weighted by molar-refractivity contribution is 5.78. The average molecular weight is 533 g/mol. The van der Waals surface area contributed by atoms with E-state index >= 15 is 0 Å². The zero-order chi connectivity index (χ0) is 27.2. The lowest BCUT2D eigenvalue weighted by atomic mass is 9.90. The maximum absolute atomic E-state index is 13.3. The molecule has 1 amide bonds. The number of likely N-dealkylation sites (tertiary alicyclic amines) is 1. The Kier molecular flexibility index (Phi) is 6.94. The fourth-order valence-electron chi connectivity index (χ4n) is 4.70. The number of amides is 1. The summed E-state index contributed by atoms with van der Waals surface area (Å²) in [6.45, 7) is 5.41. The number of hydrogen-bond donors (Lipinski definition) is 1. The number of piperazine rings is 1. The van der Waals surface area contributed by atoms with Crippen molar-refractivity contribution in [3.63, 3.8) is 0 Å². The average Bonchev–Trinajstić information content (AvgIpc) is 3.12. The van der Waals surface area contributed by atoms with Crippen molar-refractivity contribution in [1.29, 1.82) is 0 Å². The first kappa shape index (κ1) is 26.8. The lowest BCUT2D eigenvalue weighted by Gasteiger charge is -2.36. The monoisotopic (exact) mass is 533 g/mol. The Labute approximate surface area is 207 Å². The first-order valence-corrected chi connectivity index (χ1v) is 11.5. The number of nitrogens with zero attached hydrogens (tertiary/aromatic N) is 6. The molecular weight excluding hydrogens is 508 g/mol. The predicted octanol–water partition coefficient (Wildman–Crippen LogP) is 2.72. The Morgan fingerprint density at radius 3 is 2.24 bits per heavy atom. The number of nitrogens with one attached hydrogen (secondary N) is 1. The van der Waals surface area contributed by atoms with Gasteiger partial charge >= 0.3 is 12.4 Å². The van der Waals surface area contributed by atoms with Gasteiger partial charge in [0.15, 0.2) is 0 Å². The van der Waals surface area contributed by atoms with Crippen LogP contribution in [0.1, 0.15) is 43.1 Å². The van der Waals surface area contributed by atoms with Gasteiger partial charge in [-0.15, -0.1) is 0 Å². The lowest BCUT2D eigenvalue weighted by molar-refractivity contribution is -0.139. The van der Waals surface area contributed by atoms with Gasteiger partial charge in [0.2, 0.25) is 11.9 Å². The van der Waals surface area contributed by atoms with Crippen molar-refractivity contribution in [3.8, 4) is 0 Å². The van der Waals surface area contributed by atoms with E-state index in [-0.39, 0.29) is 42.6 Å². The summed E-state index contributed by atoms with van der Waals surface area (Å²) < 4.78 is 78.0. The van der Waals surface area contributed by atoms with Crippen LogP contribution in [-0.2, 0) is 17.1 Å². The zero-order valence-electron chi connectivity index (χ0n) is 20.0. The first-order chi connectivity index (χ1) is 17.1. The molecule has 4 heterocycles. The van der Waals surface area contributed by atoms with Gasteiger partial charge in [-0.3, -0.25) is 14.5 Å². The molecule has 202 valence electrons. The van der Waals surface area contributed by atoms with Crippen molar-refractivity contribution >= 4 is 11.9 Å². The highest BCUT2D eigenvalue weighted by atomic mass is 19.4. The van der Waals surface area contributed by atoms with Crippen LogP contribution in [0.5, 0.6) is 0 Å². The second-order valence-corrected chi connectivity index (χ2v) is 9.96. The second kappa shape index (κ2) is 9.58. The molecule has 0 spiro atoms. The van der Waals surface area contributed by atoms with E-state index in [0.717, 1.165) is 6.07 Å². The molecule has 0 saturated carbocycles. The standard InChI is InChI=1S/C22H25F6N7O2/c1-20(2)8-16(15-7-14(22(26,27)28)18(37)32-31-15)35(12-20)11-17(36)33-3-5-34(6-4-33)19-29-9-13(10-30-19)21(23,24)25/h7,9-10,16H,3-6,8,11-12H2,1-2H3,(H,32,37)/t16-/m0/s1. The summed E-state index contributed by atoms with van der Waals surface area (Å²) in [4.78, 5) is 37.3. The van der Waals surface area contributed by atoms with E-state index in [1.165, 1.54) is 0 Å². The van der Waals surface area contributed by atoms with Crippen molar-refractivity contribution in [1.82, 2.24) is 30.0 Å². The number of rotatable bonds is 4. The minimum Gasteiger partial charge on any atom is -0.338 e. The van der Waals surface area contributed by atoms with Crippen LogP contribution in [0.4, 0.5) is 32.3 Å². The van der Waals surface area contributed by atoms with E-state index in [2.05, 4.69) is 15.1 Å². The number of hydrogen-bond acceptors (Lipinski definition) is 7. The van der Waals surface area contributed by atoms with Gasteiger partial charge in [0.05, 0.1) is 23.8 Å². The van der Waals surface area contributed by atoms with Crippen LogP contribution in [0, 0.1) is 5.41 Å². The molecule has 2 aliphatic rings. The van der Waals surface area contributed by atoms with Gasteiger partial charge in [-0.2, -0.15) is 31.4 Å². The van der Waals surface area contributed by atoms with Gasteiger partial charge in [-0.05, 0) is 17.9 Å². The molecule has 0 radical (unpaired) electrons. The molecule has 2 aliphatic heterocycles. The molecule has 0 aliphatic carbocycles. The zero-order valence-corrected chi connectivity index (χ0v) is 20.0. The maximum atomic E-state index is 13.3. The normalized spacial score (nSPS) is 20.9. The fraction of sp³-hybridized carbons (Fsp3) is 0.591. The topological polar surface area (TPSA) is 98.3 Å². The Morgan fingerprint density at radius 1 is 1.05 bits per heavy atom. The largest absolute Gasteiger partial charge is 0.421 e. The molecule has 2 fully saturated rings. The third-order valence-corrected chi connectivity index (χ3v) is 6.51. The Morgan fingerprint density at radius 2 is 1.68 bits per heavy atom. The smallest absolute Gasteiger partial charge is 0.338 e. The number of aromatic nitrogens is 4. The maximum Gasteiger partial charge on any atom is 0.421 e. The number of H-pyrrole nitrogens is 1. The van der Waals surface area contributed by atoms with Gasteiger partial charge < -0.3 is 9.80 Å². The predicted molar refractivity (Wildman–Crippen MR) is 118 cm³/mol. The molecule has 2 aromatic heterocycles. The molecule has 0 bridgehead atoms. The quantitative estimate of drug-likeness (QED) is 0.604. The molecule has 1 atom stereocenters. The molecule has 1 N–H and O–H groups in total. The van der Waals surface area contributed by atoms with Crippen molar-refractivity contribution in [2.45, 2.75) is 38.7 Å². The summed E-state index contributed by atoms with van der Waals surface area (Å²) >= 11 is 0. The third-order valence-electron chi connectivity index (χ3n) is 6.51. The fourth-order valence-corrected chi connectivity index (χ4v) is 4.70. The van der Waals surface area contributed by atoms with Gasteiger partial charge in [0, 0.05) is 45.1 Å². The van der Waals surface area contributed by atoms with Crippen LogP contribution in [0.2, 0.25) is 0 Å². The Bertz CT molecular complexity index is 1190. The number of aromatic amines is 1. The van der Waals surface area contributed by atoms with E-state index in [1.807, 2.05) is 18.9 Å². The van der Waals surface area contributed by atoms with Crippen molar-refractivity contribution in [2.24, 2.45) is 5.41 Å². The number of anilines is 1. The Balaban J connectivity index is 1.41. The van der Waals surface area contributed by atoms with E-state index in [1.54, 1.807) is 14.7 Å². The van der Waals surface area contributed by atoms with Crippen LogP contribution in [0.25, 0.3) is 0 Å². The van der Waals surface area contributed by atoms with Gasteiger partial charge in [0.25, 0.3) is 5.56 Å². The number of halogens is 6. The van der Waals surface area contributed by atoms with Gasteiger partial charge in [-0.1, -0.05) is 13.8 Å².